The van der Waals surface area contributed by atoms with Crippen molar-refractivity contribution >= 4 is 23.0 Å². The molecule has 0 fully saturated rings. The van der Waals surface area contributed by atoms with Crippen LogP contribution in [0.3, 0.4) is 0 Å². The van der Waals surface area contributed by atoms with Gasteiger partial charge in [-0.05, 0) is 50.8 Å². The summed E-state index contributed by atoms with van der Waals surface area (Å²) in [5.41, 5.74) is 4.30. The van der Waals surface area contributed by atoms with E-state index in [-0.39, 0.29) is 0 Å². The molecule has 1 aromatic carbocycles. The lowest BCUT2D eigenvalue weighted by atomic mass is 10.0. The zero-order valence-corrected chi connectivity index (χ0v) is 14.3. The monoisotopic (exact) mass is 335 g/mol. The van der Waals surface area contributed by atoms with Crippen molar-refractivity contribution in [2.45, 2.75) is 33.1 Å². The smallest absolute Gasteiger partial charge is 0.316 e. The maximum atomic E-state index is 8.74. The Kier molecular flexibility index (Phi) is 10.7. The maximum absolute atomic E-state index is 8.74. The molecule has 7 heteroatoms. The van der Waals surface area contributed by atoms with Crippen molar-refractivity contribution in [1.82, 2.24) is 5.32 Å². The largest absolute Gasteiger partial charge is 0.394 e. The first-order valence-electron chi connectivity index (χ1n) is 6.81. The summed E-state index contributed by atoms with van der Waals surface area (Å²) < 4.78 is 31.6. The van der Waals surface area contributed by atoms with E-state index in [1.807, 2.05) is 0 Å². The summed E-state index contributed by atoms with van der Waals surface area (Å²) in [5, 5.41) is 3.37. The van der Waals surface area contributed by atoms with E-state index in [1.165, 1.54) is 36.0 Å². The van der Waals surface area contributed by atoms with Gasteiger partial charge in [0.15, 0.2) is 0 Å². The van der Waals surface area contributed by atoms with Crippen LogP contribution in [-0.2, 0) is 16.8 Å². The van der Waals surface area contributed by atoms with E-state index in [0.717, 1.165) is 18.8 Å². The zero-order chi connectivity index (χ0) is 16.3. The van der Waals surface area contributed by atoms with Crippen molar-refractivity contribution in [3.63, 3.8) is 0 Å². The van der Waals surface area contributed by atoms with Gasteiger partial charge in [0.2, 0.25) is 0 Å². The molecule has 0 aliphatic carbocycles. The molecule has 0 radical (unpaired) electrons. The van der Waals surface area contributed by atoms with Crippen LogP contribution >= 0.6 is 12.6 Å². The van der Waals surface area contributed by atoms with Gasteiger partial charge >= 0.3 is 10.4 Å². The van der Waals surface area contributed by atoms with E-state index < -0.39 is 10.4 Å². The standard InChI is InChI=1S/C14H23NS.H2O4S/c1-12-6-7-13(2)14(11-12)5-3-4-8-15-9-10-16;1-5(2,3)4/h6-7,11,15-16H,3-5,8-10H2,1-2H3;(H2,1,2,3,4). The van der Waals surface area contributed by atoms with Gasteiger partial charge in [-0.2, -0.15) is 21.0 Å². The van der Waals surface area contributed by atoms with Gasteiger partial charge in [-0.25, -0.2) is 0 Å². The minimum Gasteiger partial charge on any atom is -0.316 e. The molecule has 0 unspecified atom stereocenters. The fourth-order valence-corrected chi connectivity index (χ4v) is 2.00. The molecule has 0 aliphatic rings. The zero-order valence-electron chi connectivity index (χ0n) is 12.5. The first kappa shape index (κ1) is 20.4. The lowest BCUT2D eigenvalue weighted by Gasteiger charge is -2.07. The van der Waals surface area contributed by atoms with Crippen LogP contribution in [0.25, 0.3) is 0 Å². The number of nitrogens with one attached hydrogen (secondary N) is 1. The van der Waals surface area contributed by atoms with Crippen LogP contribution < -0.4 is 5.32 Å². The van der Waals surface area contributed by atoms with Crippen LogP contribution in [0.2, 0.25) is 0 Å². The lowest BCUT2D eigenvalue weighted by Crippen LogP contribution is -2.17. The molecule has 1 rings (SSSR count). The molecule has 0 spiro atoms. The molecule has 3 N–H and O–H groups in total. The SMILES string of the molecule is Cc1ccc(C)c(CCCCNCCS)c1.O=S(=O)(O)O. The molecule has 0 saturated carbocycles. The second-order valence-electron chi connectivity index (χ2n) is 4.81. The van der Waals surface area contributed by atoms with E-state index in [9.17, 15) is 0 Å². The van der Waals surface area contributed by atoms with Crippen LogP contribution in [-0.4, -0.2) is 36.4 Å². The Hall–Kier alpha value is -0.600. The van der Waals surface area contributed by atoms with Gasteiger partial charge in [0.1, 0.15) is 0 Å². The number of hydrogen-bond donors (Lipinski definition) is 4. The number of hydrogen-bond acceptors (Lipinski definition) is 4. The Balaban J connectivity index is 0.000000690. The molecular weight excluding hydrogens is 310 g/mol. The van der Waals surface area contributed by atoms with Gasteiger partial charge in [0.05, 0.1) is 0 Å². The van der Waals surface area contributed by atoms with Crippen LogP contribution in [0.4, 0.5) is 0 Å². The van der Waals surface area contributed by atoms with Gasteiger partial charge in [-0.3, -0.25) is 9.11 Å². The summed E-state index contributed by atoms with van der Waals surface area (Å²) in [6.45, 7) is 6.50. The second-order valence-corrected chi connectivity index (χ2v) is 6.15. The highest BCUT2D eigenvalue weighted by Crippen LogP contribution is 2.13. The quantitative estimate of drug-likeness (QED) is 0.349. The highest BCUT2D eigenvalue weighted by Gasteiger charge is 1.98. The molecule has 0 bridgehead atoms. The number of thiol groups is 1. The number of unbranched alkanes of at least 4 members (excludes halogenated alkanes) is 1. The number of benzene rings is 1. The summed E-state index contributed by atoms with van der Waals surface area (Å²) in [7, 11) is -4.67. The Morgan fingerprint density at radius 3 is 2.33 bits per heavy atom. The molecule has 0 aliphatic heterocycles. The van der Waals surface area contributed by atoms with Crippen molar-refractivity contribution in [2.75, 3.05) is 18.8 Å². The van der Waals surface area contributed by atoms with E-state index >= 15 is 0 Å². The molecule has 21 heavy (non-hydrogen) atoms. The van der Waals surface area contributed by atoms with Gasteiger partial charge in [0, 0.05) is 12.3 Å². The molecule has 1 aromatic rings. The fourth-order valence-electron chi connectivity index (χ4n) is 1.84. The molecule has 122 valence electrons. The normalized spacial score (nSPS) is 10.9. The Labute approximate surface area is 133 Å². The summed E-state index contributed by atoms with van der Waals surface area (Å²) in [6.07, 6.45) is 3.72. The van der Waals surface area contributed by atoms with Crippen LogP contribution in [0, 0.1) is 13.8 Å². The first-order valence-corrected chi connectivity index (χ1v) is 8.84. The van der Waals surface area contributed by atoms with Crippen LogP contribution in [0.1, 0.15) is 29.5 Å². The molecule has 0 atom stereocenters. The molecular formula is C14H25NO4S2. The van der Waals surface area contributed by atoms with Gasteiger partial charge in [-0.1, -0.05) is 23.8 Å². The lowest BCUT2D eigenvalue weighted by molar-refractivity contribution is 0.381. The average molecular weight is 335 g/mol. The van der Waals surface area contributed by atoms with E-state index in [4.69, 9.17) is 17.5 Å². The Morgan fingerprint density at radius 1 is 1.14 bits per heavy atom. The highest BCUT2D eigenvalue weighted by atomic mass is 32.3. The predicted molar refractivity (Wildman–Crippen MR) is 89.8 cm³/mol. The van der Waals surface area contributed by atoms with Crippen molar-refractivity contribution in [2.24, 2.45) is 0 Å². The second kappa shape index (κ2) is 11.0. The van der Waals surface area contributed by atoms with E-state index in [0.29, 0.717) is 0 Å². The average Bonchev–Trinajstić information content (AvgIpc) is 2.35. The third-order valence-electron chi connectivity index (χ3n) is 2.84. The minimum absolute atomic E-state index is 0.928. The molecule has 0 heterocycles. The molecule has 0 saturated heterocycles. The van der Waals surface area contributed by atoms with Crippen LogP contribution in [0.5, 0.6) is 0 Å². The van der Waals surface area contributed by atoms with Crippen LogP contribution in [0.15, 0.2) is 18.2 Å². The molecule has 5 nitrogen and oxygen atoms in total. The van der Waals surface area contributed by atoms with Crippen molar-refractivity contribution in [1.29, 1.82) is 0 Å². The summed E-state index contributed by atoms with van der Waals surface area (Å²) in [6, 6.07) is 6.73. The third-order valence-corrected chi connectivity index (χ3v) is 3.07. The maximum Gasteiger partial charge on any atom is 0.394 e. The van der Waals surface area contributed by atoms with E-state index in [2.05, 4.69) is 50.0 Å². The van der Waals surface area contributed by atoms with Crippen molar-refractivity contribution < 1.29 is 17.5 Å². The highest BCUT2D eigenvalue weighted by molar-refractivity contribution is 7.80. The predicted octanol–water partition coefficient (Wildman–Crippen LogP) is 2.49. The minimum atomic E-state index is -4.67. The summed E-state index contributed by atoms with van der Waals surface area (Å²) in [5.74, 6) is 0.928. The van der Waals surface area contributed by atoms with E-state index in [1.54, 1.807) is 0 Å². The molecule has 0 aromatic heterocycles. The van der Waals surface area contributed by atoms with Gasteiger partial charge in [0.25, 0.3) is 0 Å². The Morgan fingerprint density at radius 2 is 1.76 bits per heavy atom. The fraction of sp³-hybridized carbons (Fsp3) is 0.571. The number of rotatable bonds is 7. The van der Waals surface area contributed by atoms with Gasteiger partial charge in [-0.15, -0.1) is 0 Å². The topological polar surface area (TPSA) is 86.6 Å². The third kappa shape index (κ3) is 14.1. The van der Waals surface area contributed by atoms with Crippen molar-refractivity contribution in [3.8, 4) is 0 Å². The molecule has 0 amide bonds. The summed E-state index contributed by atoms with van der Waals surface area (Å²) >= 11 is 4.17. The Bertz CT molecular complexity index is 496. The summed E-state index contributed by atoms with van der Waals surface area (Å²) in [4.78, 5) is 0. The first-order chi connectivity index (χ1) is 9.74. The number of aryl methyl sites for hydroxylation is 3. The van der Waals surface area contributed by atoms with Gasteiger partial charge < -0.3 is 5.32 Å². The van der Waals surface area contributed by atoms with Crippen molar-refractivity contribution in [3.05, 3.63) is 34.9 Å².